The Morgan fingerprint density at radius 1 is 1.02 bits per heavy atom. The van der Waals surface area contributed by atoms with Crippen LogP contribution in [0.5, 0.6) is 11.5 Å². The summed E-state index contributed by atoms with van der Waals surface area (Å²) in [6, 6.07) is 19.5. The number of ether oxygens (including phenoxy) is 1. The van der Waals surface area contributed by atoms with E-state index in [1.165, 1.54) is 60.9 Å². The molecule has 16 heteroatoms. The van der Waals surface area contributed by atoms with Gasteiger partial charge in [-0.05, 0) is 130 Å². The number of carbonyl (C=O) groups is 1. The zero-order valence-electron chi connectivity index (χ0n) is 38.1. The number of likely N-dealkylation sites (tertiary alicyclic amines) is 1. The Morgan fingerprint density at radius 3 is 2.48 bits per heavy atom. The van der Waals surface area contributed by atoms with Gasteiger partial charge in [-0.15, -0.1) is 0 Å². The second-order valence-electron chi connectivity index (χ2n) is 19.9. The Balaban J connectivity index is 0.917. The van der Waals surface area contributed by atoms with E-state index in [1.54, 1.807) is 26.0 Å². The number of nitro benzene ring substituents is 1. The van der Waals surface area contributed by atoms with Crippen LogP contribution in [0.1, 0.15) is 118 Å². The van der Waals surface area contributed by atoms with Gasteiger partial charge in [0.05, 0.1) is 32.1 Å². The van der Waals surface area contributed by atoms with Crippen LogP contribution in [0.15, 0.2) is 77.8 Å². The van der Waals surface area contributed by atoms with Crippen LogP contribution in [0.2, 0.25) is 0 Å². The number of nitrogens with zero attached hydrogens (tertiary/aromatic N) is 4. The van der Waals surface area contributed by atoms with E-state index < -0.39 is 42.9 Å². The Morgan fingerprint density at radius 2 is 1.76 bits per heavy atom. The first kappa shape index (κ1) is 45.6. The predicted octanol–water partition coefficient (Wildman–Crippen LogP) is 9.54. The third kappa shape index (κ3) is 9.23. The highest BCUT2D eigenvalue weighted by Gasteiger charge is 2.49. The molecule has 0 radical (unpaired) electrons. The summed E-state index contributed by atoms with van der Waals surface area (Å²) in [6.45, 7) is 12.2. The van der Waals surface area contributed by atoms with Crippen LogP contribution in [0.3, 0.4) is 0 Å². The number of pyridine rings is 1. The maximum absolute atomic E-state index is 14.7. The molecular weight excluding hydrogens is 862 g/mol. The maximum atomic E-state index is 14.7. The number of anilines is 2. The molecule has 9 rings (SSSR count). The normalized spacial score (nSPS) is 23.3. The third-order valence-corrected chi connectivity index (χ3v) is 16.2. The highest BCUT2D eigenvalue weighted by Crippen LogP contribution is 2.49. The standard InChI is InChI=1S/C50H60FN7O7S/c1-31(2)36-8-5-6-9-37(36)38-10-7-11-43(38)57-29-50(30-57)20-22-56(23-21-50)34-12-14-39(46(24-34)65-45-26-40-41(51)28-53-47(40)54-32(45)3)48(59)55-66(63,64)35-13-15-42(44(25-35)58(61)62)52-27-33-16-18-49(4,60)19-17-33/h5-6,8-9,12-15,24-26,28,31,33,38,43,52,60H,7,10-11,16-23,27,29-30H2,1-4H3,(H,53,54)(H,55,59)/t33-,38-,43-,49-/m0/s1. The van der Waals surface area contributed by atoms with Crippen LogP contribution in [0.4, 0.5) is 21.5 Å². The molecular formula is C50H60FN7O7S. The molecule has 66 heavy (non-hydrogen) atoms. The van der Waals surface area contributed by atoms with Gasteiger partial charge in [-0.25, -0.2) is 22.5 Å². The molecule has 2 atom stereocenters. The van der Waals surface area contributed by atoms with Gasteiger partial charge in [-0.3, -0.25) is 19.8 Å². The van der Waals surface area contributed by atoms with Crippen molar-refractivity contribution < 1.29 is 32.4 Å². The summed E-state index contributed by atoms with van der Waals surface area (Å²) in [4.78, 5) is 37.3. The lowest BCUT2D eigenvalue weighted by Gasteiger charge is -2.57. The van der Waals surface area contributed by atoms with E-state index in [-0.39, 0.29) is 39.5 Å². The van der Waals surface area contributed by atoms with Gasteiger partial charge in [0.25, 0.3) is 21.6 Å². The number of sulfonamides is 1. The predicted molar refractivity (Wildman–Crippen MR) is 252 cm³/mol. The second-order valence-corrected chi connectivity index (χ2v) is 21.5. The number of rotatable bonds is 13. The fraction of sp³-hybridized carbons (Fsp3) is 0.480. The van der Waals surface area contributed by atoms with E-state index >= 15 is 0 Å². The van der Waals surface area contributed by atoms with Gasteiger partial charge < -0.3 is 25.0 Å². The molecule has 2 saturated carbocycles. The van der Waals surface area contributed by atoms with Crippen molar-refractivity contribution in [1.29, 1.82) is 0 Å². The van der Waals surface area contributed by atoms with Crippen molar-refractivity contribution in [2.45, 2.75) is 114 Å². The number of aryl methyl sites for hydroxylation is 1. The molecule has 5 aromatic rings. The molecule has 2 aromatic heterocycles. The number of amides is 1. The van der Waals surface area contributed by atoms with Crippen molar-refractivity contribution in [2.24, 2.45) is 11.3 Å². The minimum Gasteiger partial charge on any atom is -0.455 e. The Kier molecular flexibility index (Phi) is 12.4. The van der Waals surface area contributed by atoms with Crippen LogP contribution in [0.25, 0.3) is 11.0 Å². The number of aromatic nitrogens is 2. The number of halogens is 1. The third-order valence-electron chi connectivity index (χ3n) is 14.9. The van der Waals surface area contributed by atoms with Crippen LogP contribution >= 0.6 is 0 Å². The number of benzene rings is 3. The first-order chi connectivity index (χ1) is 31.5. The van der Waals surface area contributed by atoms with E-state index in [0.717, 1.165) is 63.6 Å². The molecule has 4 heterocycles. The van der Waals surface area contributed by atoms with Crippen molar-refractivity contribution in [3.63, 3.8) is 0 Å². The molecule has 0 bridgehead atoms. The van der Waals surface area contributed by atoms with Gasteiger partial charge in [0.2, 0.25) is 0 Å². The molecule has 2 aliphatic carbocycles. The summed E-state index contributed by atoms with van der Waals surface area (Å²) in [7, 11) is -4.63. The summed E-state index contributed by atoms with van der Waals surface area (Å²) in [5.74, 6) is -0.0915. The topological polar surface area (TPSA) is 183 Å². The number of carbonyl (C=O) groups excluding carboxylic acids is 1. The van der Waals surface area contributed by atoms with Crippen molar-refractivity contribution in [1.82, 2.24) is 19.6 Å². The average molecular weight is 922 g/mol. The van der Waals surface area contributed by atoms with Crippen molar-refractivity contribution in [3.8, 4) is 11.5 Å². The minimum atomic E-state index is -4.63. The number of fused-ring (bicyclic) bond motifs is 1. The summed E-state index contributed by atoms with van der Waals surface area (Å²) in [5.41, 5.74) is 3.60. The van der Waals surface area contributed by atoms with Crippen molar-refractivity contribution in [3.05, 3.63) is 111 Å². The number of nitrogens with one attached hydrogen (secondary N) is 3. The van der Waals surface area contributed by atoms with E-state index in [2.05, 4.69) is 67.9 Å². The van der Waals surface area contributed by atoms with Gasteiger partial charge in [-0.2, -0.15) is 0 Å². The van der Waals surface area contributed by atoms with E-state index in [1.807, 2.05) is 0 Å². The Labute approximate surface area is 385 Å². The van der Waals surface area contributed by atoms with Crippen LogP contribution in [0, 0.1) is 34.2 Å². The molecule has 14 nitrogen and oxygen atoms in total. The molecule has 2 saturated heterocycles. The quantitative estimate of drug-likeness (QED) is 0.0652. The molecule has 4 N–H and O–H groups in total. The van der Waals surface area contributed by atoms with Crippen LogP contribution < -0.4 is 19.7 Å². The minimum absolute atomic E-state index is 0.0409. The lowest BCUT2D eigenvalue weighted by Crippen LogP contribution is -2.63. The van der Waals surface area contributed by atoms with E-state index in [0.29, 0.717) is 48.6 Å². The van der Waals surface area contributed by atoms with Crippen molar-refractivity contribution >= 4 is 44.0 Å². The molecule has 350 valence electrons. The summed E-state index contributed by atoms with van der Waals surface area (Å²) < 4.78 is 50.8. The first-order valence-corrected chi connectivity index (χ1v) is 24.8. The number of aromatic amines is 1. The number of H-pyrrole nitrogens is 1. The van der Waals surface area contributed by atoms with E-state index in [4.69, 9.17) is 4.74 Å². The zero-order valence-corrected chi connectivity index (χ0v) is 38.9. The highest BCUT2D eigenvalue weighted by atomic mass is 32.2. The fourth-order valence-electron chi connectivity index (χ4n) is 11.0. The smallest absolute Gasteiger partial charge is 0.293 e. The molecule has 2 aliphatic heterocycles. The lowest BCUT2D eigenvalue weighted by atomic mass is 9.70. The SMILES string of the molecule is Cc1nc2[nH]cc(F)c2cc1Oc1cc(N2CCC3(CC2)CN([C@H]2CCC[C@H]2c2ccccc2C(C)C)C3)ccc1C(=O)NS(=O)(=O)c1ccc(NC[C@H]2CC[C@](C)(O)CC2)c([N+](=O)[O-])c1. The van der Waals surface area contributed by atoms with Gasteiger partial charge in [-0.1, -0.05) is 44.5 Å². The molecule has 3 aromatic carbocycles. The number of hydrogen-bond acceptors (Lipinski definition) is 11. The average Bonchev–Trinajstić information content (AvgIpc) is 3.91. The molecule has 4 aliphatic rings. The second kappa shape index (κ2) is 17.9. The molecule has 1 amide bonds. The first-order valence-electron chi connectivity index (χ1n) is 23.3. The number of aliphatic hydroxyl groups is 1. The Bertz CT molecular complexity index is 2750. The number of hydrogen-bond donors (Lipinski definition) is 4. The molecule has 1 spiro atoms. The maximum Gasteiger partial charge on any atom is 0.293 e. The van der Waals surface area contributed by atoms with Gasteiger partial charge in [0.15, 0.2) is 0 Å². The Hall–Kier alpha value is -5.58. The summed E-state index contributed by atoms with van der Waals surface area (Å²) in [5, 5.41) is 25.8. The van der Waals surface area contributed by atoms with Crippen LogP contribution in [-0.4, -0.2) is 83.6 Å². The molecule has 0 unspecified atom stereocenters. The molecule has 4 fully saturated rings. The van der Waals surface area contributed by atoms with Gasteiger partial charge in [0.1, 0.15) is 28.7 Å². The fourth-order valence-corrected chi connectivity index (χ4v) is 12.0. The van der Waals surface area contributed by atoms with Crippen LogP contribution in [-0.2, 0) is 10.0 Å². The largest absolute Gasteiger partial charge is 0.455 e. The van der Waals surface area contributed by atoms with Gasteiger partial charge >= 0.3 is 0 Å². The summed E-state index contributed by atoms with van der Waals surface area (Å²) in [6.07, 6.45) is 9.63. The van der Waals surface area contributed by atoms with E-state index in [9.17, 15) is 32.8 Å². The zero-order chi connectivity index (χ0) is 46.5. The highest BCUT2D eigenvalue weighted by molar-refractivity contribution is 7.90. The van der Waals surface area contributed by atoms with Gasteiger partial charge in [0, 0.05) is 62.8 Å². The summed E-state index contributed by atoms with van der Waals surface area (Å²) >= 11 is 0. The number of piperidine rings is 1. The number of nitro groups is 1. The van der Waals surface area contributed by atoms with Crippen molar-refractivity contribution in [2.75, 3.05) is 42.9 Å². The lowest BCUT2D eigenvalue weighted by molar-refractivity contribution is -0.384. The monoisotopic (exact) mass is 921 g/mol.